The number of unbranched alkanes of at least 4 members (excludes halogenated alkanes) is 3. The minimum absolute atomic E-state index is 0.264. The molecule has 1 aliphatic carbocycles. The second-order valence-corrected chi connectivity index (χ2v) is 5.31. The van der Waals surface area contributed by atoms with Crippen molar-refractivity contribution in [2.45, 2.75) is 63.9 Å². The molecule has 0 spiro atoms. The highest BCUT2D eigenvalue weighted by Crippen LogP contribution is 2.40. The molecule has 1 N–H and O–H groups in total. The Hall–Kier alpha value is -0.820. The van der Waals surface area contributed by atoms with E-state index in [1.807, 2.05) is 0 Å². The van der Waals surface area contributed by atoms with E-state index >= 15 is 0 Å². The lowest BCUT2D eigenvalue weighted by atomic mass is 10.0. The van der Waals surface area contributed by atoms with Gasteiger partial charge in [0, 0.05) is 0 Å². The Balaban J connectivity index is 1.79. The lowest BCUT2D eigenvalue weighted by Gasteiger charge is -2.11. The SMILES string of the molecule is CCCCCCC(O)c1ccc(C2CC2)cc1. The Bertz CT molecular complexity index is 324. The van der Waals surface area contributed by atoms with Gasteiger partial charge in [-0.05, 0) is 36.3 Å². The Morgan fingerprint density at radius 1 is 1.12 bits per heavy atom. The summed E-state index contributed by atoms with van der Waals surface area (Å²) in [4.78, 5) is 0. The van der Waals surface area contributed by atoms with Gasteiger partial charge in [0.15, 0.2) is 0 Å². The molecule has 0 saturated heterocycles. The van der Waals surface area contributed by atoms with Gasteiger partial charge in [0.2, 0.25) is 0 Å². The number of hydrogen-bond acceptors (Lipinski definition) is 1. The summed E-state index contributed by atoms with van der Waals surface area (Å²) in [5, 5.41) is 10.1. The molecule has 1 saturated carbocycles. The summed E-state index contributed by atoms with van der Waals surface area (Å²) in [7, 11) is 0. The van der Waals surface area contributed by atoms with Crippen molar-refractivity contribution in [2.24, 2.45) is 0 Å². The fourth-order valence-electron chi connectivity index (χ4n) is 2.34. The van der Waals surface area contributed by atoms with Gasteiger partial charge in [-0.1, -0.05) is 56.9 Å². The lowest BCUT2D eigenvalue weighted by molar-refractivity contribution is 0.163. The minimum atomic E-state index is -0.264. The van der Waals surface area contributed by atoms with E-state index in [2.05, 4.69) is 31.2 Å². The van der Waals surface area contributed by atoms with Gasteiger partial charge in [-0.2, -0.15) is 0 Å². The largest absolute Gasteiger partial charge is 0.388 e. The third-order valence-corrected chi connectivity index (χ3v) is 3.70. The molecule has 1 heteroatoms. The molecule has 1 unspecified atom stereocenters. The van der Waals surface area contributed by atoms with Crippen molar-refractivity contribution in [1.82, 2.24) is 0 Å². The summed E-state index contributed by atoms with van der Waals surface area (Å²) in [6.45, 7) is 2.22. The van der Waals surface area contributed by atoms with Crippen LogP contribution < -0.4 is 0 Å². The smallest absolute Gasteiger partial charge is 0.0790 e. The number of rotatable bonds is 7. The molecule has 0 heterocycles. The van der Waals surface area contributed by atoms with Crippen LogP contribution in [0.3, 0.4) is 0 Å². The van der Waals surface area contributed by atoms with Crippen LogP contribution >= 0.6 is 0 Å². The molecular weight excluding hydrogens is 208 g/mol. The first-order valence-electron chi connectivity index (χ1n) is 7.09. The van der Waals surface area contributed by atoms with E-state index in [1.54, 1.807) is 0 Å². The Kier molecular flexibility index (Phi) is 4.61. The summed E-state index contributed by atoms with van der Waals surface area (Å²) < 4.78 is 0. The van der Waals surface area contributed by atoms with Crippen molar-refractivity contribution in [3.8, 4) is 0 Å². The van der Waals surface area contributed by atoms with Gasteiger partial charge in [0.1, 0.15) is 0 Å². The van der Waals surface area contributed by atoms with Crippen molar-refractivity contribution in [3.05, 3.63) is 35.4 Å². The number of benzene rings is 1. The van der Waals surface area contributed by atoms with Crippen molar-refractivity contribution >= 4 is 0 Å². The second-order valence-electron chi connectivity index (χ2n) is 5.31. The fraction of sp³-hybridized carbons (Fsp3) is 0.625. The summed E-state index contributed by atoms with van der Waals surface area (Å²) >= 11 is 0. The predicted molar refractivity (Wildman–Crippen MR) is 72.1 cm³/mol. The number of hydrogen-bond donors (Lipinski definition) is 1. The van der Waals surface area contributed by atoms with Crippen LogP contribution in [0.5, 0.6) is 0 Å². The van der Waals surface area contributed by atoms with Gasteiger partial charge >= 0.3 is 0 Å². The standard InChI is InChI=1S/C16H24O/c1-2-3-4-5-6-16(17)15-11-9-14(10-12-15)13-7-8-13/h9-13,16-17H,2-8H2,1H3. The molecule has 1 aromatic rings. The average Bonchev–Trinajstić information content (AvgIpc) is 3.19. The molecule has 1 atom stereocenters. The van der Waals surface area contributed by atoms with Crippen LogP contribution in [0.2, 0.25) is 0 Å². The van der Waals surface area contributed by atoms with Crippen LogP contribution in [0.15, 0.2) is 24.3 Å². The maximum atomic E-state index is 10.1. The van der Waals surface area contributed by atoms with E-state index in [0.717, 1.165) is 24.3 Å². The van der Waals surface area contributed by atoms with Crippen LogP contribution in [-0.2, 0) is 0 Å². The Morgan fingerprint density at radius 3 is 2.41 bits per heavy atom. The molecule has 1 aromatic carbocycles. The summed E-state index contributed by atoms with van der Waals surface area (Å²) in [6.07, 6.45) is 8.26. The van der Waals surface area contributed by atoms with Gasteiger partial charge in [-0.15, -0.1) is 0 Å². The topological polar surface area (TPSA) is 20.2 Å². The molecule has 1 nitrogen and oxygen atoms in total. The highest BCUT2D eigenvalue weighted by Gasteiger charge is 2.23. The van der Waals surface area contributed by atoms with E-state index in [-0.39, 0.29) is 6.10 Å². The Morgan fingerprint density at radius 2 is 1.82 bits per heavy atom. The molecule has 2 rings (SSSR count). The first kappa shape index (κ1) is 12.6. The van der Waals surface area contributed by atoms with Gasteiger partial charge in [0.25, 0.3) is 0 Å². The highest BCUT2D eigenvalue weighted by atomic mass is 16.3. The third-order valence-electron chi connectivity index (χ3n) is 3.70. The van der Waals surface area contributed by atoms with E-state index < -0.39 is 0 Å². The summed E-state index contributed by atoms with van der Waals surface area (Å²) in [5.41, 5.74) is 2.54. The highest BCUT2D eigenvalue weighted by molar-refractivity contribution is 5.29. The zero-order valence-corrected chi connectivity index (χ0v) is 10.9. The maximum absolute atomic E-state index is 10.1. The van der Waals surface area contributed by atoms with Crippen molar-refractivity contribution in [1.29, 1.82) is 0 Å². The Labute approximate surface area is 105 Å². The average molecular weight is 232 g/mol. The molecule has 1 fully saturated rings. The van der Waals surface area contributed by atoms with Crippen molar-refractivity contribution in [3.63, 3.8) is 0 Å². The van der Waals surface area contributed by atoms with Crippen LogP contribution in [-0.4, -0.2) is 5.11 Å². The van der Waals surface area contributed by atoms with E-state index in [0.29, 0.717) is 0 Å². The normalized spacial score (nSPS) is 17.1. The molecule has 94 valence electrons. The lowest BCUT2D eigenvalue weighted by Crippen LogP contribution is -1.97. The van der Waals surface area contributed by atoms with Gasteiger partial charge in [-0.3, -0.25) is 0 Å². The molecule has 0 radical (unpaired) electrons. The molecule has 0 aliphatic heterocycles. The van der Waals surface area contributed by atoms with Gasteiger partial charge in [-0.25, -0.2) is 0 Å². The first-order chi connectivity index (χ1) is 8.31. The van der Waals surface area contributed by atoms with E-state index in [9.17, 15) is 5.11 Å². The minimum Gasteiger partial charge on any atom is -0.388 e. The molecule has 17 heavy (non-hydrogen) atoms. The number of aliphatic hydroxyl groups excluding tert-OH is 1. The number of aliphatic hydroxyl groups is 1. The van der Waals surface area contributed by atoms with E-state index in [1.165, 1.54) is 37.7 Å². The zero-order valence-electron chi connectivity index (χ0n) is 10.9. The summed E-state index contributed by atoms with van der Waals surface area (Å²) in [5.74, 6) is 0.811. The molecule has 0 amide bonds. The van der Waals surface area contributed by atoms with Crippen molar-refractivity contribution < 1.29 is 5.11 Å². The summed E-state index contributed by atoms with van der Waals surface area (Å²) in [6, 6.07) is 8.61. The van der Waals surface area contributed by atoms with Gasteiger partial charge in [0.05, 0.1) is 6.10 Å². The molecule has 1 aliphatic rings. The quantitative estimate of drug-likeness (QED) is 0.683. The monoisotopic (exact) mass is 232 g/mol. The molecule has 0 bridgehead atoms. The zero-order chi connectivity index (χ0) is 12.1. The fourth-order valence-corrected chi connectivity index (χ4v) is 2.34. The van der Waals surface area contributed by atoms with Gasteiger partial charge < -0.3 is 5.11 Å². The van der Waals surface area contributed by atoms with Crippen LogP contribution in [0.25, 0.3) is 0 Å². The van der Waals surface area contributed by atoms with Crippen molar-refractivity contribution in [2.75, 3.05) is 0 Å². The van der Waals surface area contributed by atoms with Crippen LogP contribution in [0, 0.1) is 0 Å². The second kappa shape index (κ2) is 6.20. The maximum Gasteiger partial charge on any atom is 0.0790 e. The molecule has 0 aromatic heterocycles. The van der Waals surface area contributed by atoms with Crippen LogP contribution in [0.1, 0.15) is 75.0 Å². The molecular formula is C16H24O. The first-order valence-corrected chi connectivity index (χ1v) is 7.09. The third kappa shape index (κ3) is 3.85. The van der Waals surface area contributed by atoms with Crippen LogP contribution in [0.4, 0.5) is 0 Å². The predicted octanol–water partition coefficient (Wildman–Crippen LogP) is 4.57. The van der Waals surface area contributed by atoms with E-state index in [4.69, 9.17) is 0 Å².